The van der Waals surface area contributed by atoms with Gasteiger partial charge < -0.3 is 15.0 Å². The van der Waals surface area contributed by atoms with Crippen molar-refractivity contribution < 1.29 is 14.3 Å². The average Bonchev–Trinajstić information content (AvgIpc) is 2.37. The molecule has 0 aromatic heterocycles. The smallest absolute Gasteiger partial charge is 0.226 e. The van der Waals surface area contributed by atoms with Crippen LogP contribution in [0.5, 0.6) is 5.75 Å². The van der Waals surface area contributed by atoms with Crippen LogP contribution in [0.1, 0.15) is 20.8 Å². The summed E-state index contributed by atoms with van der Waals surface area (Å²) in [6.07, 6.45) is 0. The summed E-state index contributed by atoms with van der Waals surface area (Å²) in [5, 5.41) is 2.82. The van der Waals surface area contributed by atoms with Crippen LogP contribution >= 0.6 is 0 Å². The van der Waals surface area contributed by atoms with E-state index in [9.17, 15) is 9.59 Å². The maximum atomic E-state index is 11.7. The van der Waals surface area contributed by atoms with Gasteiger partial charge >= 0.3 is 0 Å². The van der Waals surface area contributed by atoms with Crippen LogP contribution in [-0.4, -0.2) is 25.0 Å². The molecule has 0 bridgehead atoms. The van der Waals surface area contributed by atoms with Crippen LogP contribution < -0.4 is 15.0 Å². The first-order chi connectivity index (χ1) is 8.99. The van der Waals surface area contributed by atoms with Crippen LogP contribution in [0, 0.1) is 5.92 Å². The van der Waals surface area contributed by atoms with Gasteiger partial charge in [0.05, 0.1) is 12.2 Å². The lowest BCUT2D eigenvalue weighted by atomic mass is 10.1. The van der Waals surface area contributed by atoms with Gasteiger partial charge in [-0.05, 0) is 18.2 Å². The Morgan fingerprint density at radius 3 is 2.74 bits per heavy atom. The molecule has 1 aliphatic rings. The van der Waals surface area contributed by atoms with Gasteiger partial charge in [-0.2, -0.15) is 0 Å². The van der Waals surface area contributed by atoms with Gasteiger partial charge in [0.25, 0.3) is 0 Å². The number of carbonyl (C=O) groups is 2. The molecule has 0 saturated carbocycles. The minimum absolute atomic E-state index is 0.0307. The molecule has 0 unspecified atom stereocenters. The average molecular weight is 262 g/mol. The molecule has 0 aliphatic carbocycles. The molecule has 1 N–H and O–H groups in total. The number of ether oxygens (including phenoxy) is 1. The molecule has 102 valence electrons. The minimum Gasteiger partial charge on any atom is -0.490 e. The van der Waals surface area contributed by atoms with E-state index in [-0.39, 0.29) is 17.7 Å². The summed E-state index contributed by atoms with van der Waals surface area (Å²) in [7, 11) is 0. The molecule has 0 fully saturated rings. The van der Waals surface area contributed by atoms with E-state index in [0.717, 1.165) is 0 Å². The third kappa shape index (κ3) is 2.86. The number of benzene rings is 1. The van der Waals surface area contributed by atoms with E-state index in [2.05, 4.69) is 5.32 Å². The third-order valence-electron chi connectivity index (χ3n) is 2.99. The summed E-state index contributed by atoms with van der Waals surface area (Å²) >= 11 is 0. The molecular weight excluding hydrogens is 244 g/mol. The van der Waals surface area contributed by atoms with Crippen molar-refractivity contribution in [3.05, 3.63) is 18.2 Å². The van der Waals surface area contributed by atoms with Crippen LogP contribution in [0.25, 0.3) is 0 Å². The van der Waals surface area contributed by atoms with Gasteiger partial charge in [0, 0.05) is 18.5 Å². The third-order valence-corrected chi connectivity index (χ3v) is 2.99. The maximum absolute atomic E-state index is 11.7. The Labute approximate surface area is 112 Å². The first-order valence-electron chi connectivity index (χ1n) is 6.35. The van der Waals surface area contributed by atoms with Gasteiger partial charge in [-0.3, -0.25) is 9.59 Å². The zero-order valence-electron chi connectivity index (χ0n) is 11.4. The fourth-order valence-corrected chi connectivity index (χ4v) is 1.91. The van der Waals surface area contributed by atoms with Gasteiger partial charge in [0.15, 0.2) is 0 Å². The summed E-state index contributed by atoms with van der Waals surface area (Å²) in [4.78, 5) is 24.9. The molecule has 1 aliphatic heterocycles. The highest BCUT2D eigenvalue weighted by Gasteiger charge is 2.21. The molecule has 5 heteroatoms. The highest BCUT2D eigenvalue weighted by atomic mass is 16.5. The topological polar surface area (TPSA) is 58.6 Å². The summed E-state index contributed by atoms with van der Waals surface area (Å²) in [6.45, 7) is 6.21. The number of fused-ring (bicyclic) bond motifs is 1. The quantitative estimate of drug-likeness (QED) is 0.887. The number of rotatable bonds is 2. The Balaban J connectivity index is 2.28. The number of carbonyl (C=O) groups excluding carboxylic acids is 2. The molecule has 1 aromatic carbocycles. The van der Waals surface area contributed by atoms with Crippen molar-refractivity contribution in [2.24, 2.45) is 5.92 Å². The molecule has 0 atom stereocenters. The van der Waals surface area contributed by atoms with Gasteiger partial charge in [-0.25, -0.2) is 0 Å². The fraction of sp³-hybridized carbons (Fsp3) is 0.429. The van der Waals surface area contributed by atoms with Crippen LogP contribution in [0.2, 0.25) is 0 Å². The number of nitrogens with one attached hydrogen (secondary N) is 1. The van der Waals surface area contributed by atoms with E-state index in [1.54, 1.807) is 23.1 Å². The Morgan fingerprint density at radius 2 is 2.11 bits per heavy atom. The first kappa shape index (κ1) is 13.4. The van der Waals surface area contributed by atoms with Crippen molar-refractivity contribution in [1.82, 2.24) is 0 Å². The zero-order valence-corrected chi connectivity index (χ0v) is 11.4. The molecule has 0 radical (unpaired) electrons. The van der Waals surface area contributed by atoms with Crippen LogP contribution in [0.15, 0.2) is 18.2 Å². The van der Waals surface area contributed by atoms with E-state index in [0.29, 0.717) is 30.3 Å². The number of amides is 2. The van der Waals surface area contributed by atoms with E-state index in [1.165, 1.54) is 6.92 Å². The van der Waals surface area contributed by atoms with Crippen molar-refractivity contribution in [1.29, 1.82) is 0 Å². The van der Waals surface area contributed by atoms with E-state index >= 15 is 0 Å². The number of anilines is 2. The van der Waals surface area contributed by atoms with Crippen LogP contribution in [-0.2, 0) is 9.59 Å². The Kier molecular flexibility index (Phi) is 3.74. The lowest BCUT2D eigenvalue weighted by molar-refractivity contribution is -0.119. The van der Waals surface area contributed by atoms with Gasteiger partial charge in [0.1, 0.15) is 12.4 Å². The van der Waals surface area contributed by atoms with Crippen molar-refractivity contribution in [3.8, 4) is 5.75 Å². The minimum atomic E-state index is -0.0869. The van der Waals surface area contributed by atoms with Crippen LogP contribution in [0.4, 0.5) is 11.4 Å². The molecule has 2 rings (SSSR count). The molecule has 19 heavy (non-hydrogen) atoms. The zero-order chi connectivity index (χ0) is 14.0. The predicted octanol–water partition coefficient (Wildman–Crippen LogP) is 2.03. The SMILES string of the molecule is CC(=O)N1CCOc2ccc(NC(=O)C(C)C)cc21. The normalized spacial score (nSPS) is 13.8. The summed E-state index contributed by atoms with van der Waals surface area (Å²) < 4.78 is 5.50. The number of nitrogens with zero attached hydrogens (tertiary/aromatic N) is 1. The van der Waals surface area contributed by atoms with E-state index < -0.39 is 0 Å². The number of hydrogen-bond acceptors (Lipinski definition) is 3. The Morgan fingerprint density at radius 1 is 1.37 bits per heavy atom. The van der Waals surface area contributed by atoms with E-state index in [4.69, 9.17) is 4.74 Å². The molecule has 1 heterocycles. The van der Waals surface area contributed by atoms with Crippen molar-refractivity contribution in [2.45, 2.75) is 20.8 Å². The lowest BCUT2D eigenvalue weighted by Gasteiger charge is -2.29. The standard InChI is InChI=1S/C14H18N2O3/c1-9(2)14(18)15-11-4-5-13-12(8-11)16(10(3)17)6-7-19-13/h4-5,8-9H,6-7H2,1-3H3,(H,15,18). The molecule has 5 nitrogen and oxygen atoms in total. The highest BCUT2D eigenvalue weighted by molar-refractivity contribution is 5.96. The fourth-order valence-electron chi connectivity index (χ4n) is 1.91. The van der Waals surface area contributed by atoms with Crippen molar-refractivity contribution >= 4 is 23.2 Å². The summed E-state index contributed by atoms with van der Waals surface area (Å²) in [5.74, 6) is 0.503. The maximum Gasteiger partial charge on any atom is 0.226 e. The Hall–Kier alpha value is -2.04. The highest BCUT2D eigenvalue weighted by Crippen LogP contribution is 2.34. The predicted molar refractivity (Wildman–Crippen MR) is 73.4 cm³/mol. The molecule has 2 amide bonds. The molecule has 1 aromatic rings. The van der Waals surface area contributed by atoms with Gasteiger partial charge in [0.2, 0.25) is 11.8 Å². The van der Waals surface area contributed by atoms with Gasteiger partial charge in [-0.1, -0.05) is 13.8 Å². The summed E-state index contributed by atoms with van der Waals surface area (Å²) in [6, 6.07) is 5.33. The lowest BCUT2D eigenvalue weighted by Crippen LogP contribution is -2.36. The molecular formula is C14H18N2O3. The second-order valence-corrected chi connectivity index (χ2v) is 4.85. The van der Waals surface area contributed by atoms with Crippen LogP contribution in [0.3, 0.4) is 0 Å². The molecule has 0 saturated heterocycles. The largest absolute Gasteiger partial charge is 0.490 e. The second-order valence-electron chi connectivity index (χ2n) is 4.85. The van der Waals surface area contributed by atoms with Gasteiger partial charge in [-0.15, -0.1) is 0 Å². The number of hydrogen-bond donors (Lipinski definition) is 1. The van der Waals surface area contributed by atoms with Crippen molar-refractivity contribution in [3.63, 3.8) is 0 Å². The first-order valence-corrected chi connectivity index (χ1v) is 6.35. The Bertz CT molecular complexity index is 511. The molecule has 0 spiro atoms. The second kappa shape index (κ2) is 5.30. The van der Waals surface area contributed by atoms with Crippen molar-refractivity contribution in [2.75, 3.05) is 23.4 Å². The monoisotopic (exact) mass is 262 g/mol. The summed E-state index contributed by atoms with van der Waals surface area (Å²) in [5.41, 5.74) is 1.38. The van der Waals surface area contributed by atoms with E-state index in [1.807, 2.05) is 13.8 Å².